The van der Waals surface area contributed by atoms with E-state index in [1.165, 1.54) is 5.06 Å². The summed E-state index contributed by atoms with van der Waals surface area (Å²) in [6, 6.07) is 10.8. The van der Waals surface area contributed by atoms with Gasteiger partial charge in [0.2, 0.25) is 6.41 Å². The Morgan fingerprint density at radius 3 is 2.48 bits per heavy atom. The van der Waals surface area contributed by atoms with Gasteiger partial charge in [0.1, 0.15) is 6.61 Å². The van der Waals surface area contributed by atoms with Crippen molar-refractivity contribution < 1.29 is 19.2 Å². The second-order valence-corrected chi connectivity index (χ2v) is 13.4. The van der Waals surface area contributed by atoms with Crippen LogP contribution in [0.3, 0.4) is 0 Å². The molecule has 0 aliphatic heterocycles. The molecule has 0 bridgehead atoms. The molecule has 1 N–H and O–H groups in total. The molecule has 0 saturated carbocycles. The van der Waals surface area contributed by atoms with Gasteiger partial charge in [-0.3, -0.25) is 9.63 Å². The molecular weight excluding hydrogens is 360 g/mol. The predicted octanol–water partition coefficient (Wildman–Crippen LogP) is 4.20. The molecule has 0 spiro atoms. The van der Waals surface area contributed by atoms with E-state index in [-0.39, 0.29) is 6.09 Å². The zero-order chi connectivity index (χ0) is 20.0. The lowest BCUT2D eigenvalue weighted by Gasteiger charge is -2.17. The van der Waals surface area contributed by atoms with E-state index in [4.69, 9.17) is 9.57 Å². The van der Waals surface area contributed by atoms with Gasteiger partial charge in [-0.05, 0) is 24.4 Å². The molecule has 7 heteroatoms. The highest BCUT2D eigenvalue weighted by molar-refractivity contribution is 6.76. The number of carbonyl (C=O) groups excluding carboxylic acids is 2. The van der Waals surface area contributed by atoms with Crippen molar-refractivity contribution in [1.29, 1.82) is 0 Å². The van der Waals surface area contributed by atoms with Crippen LogP contribution in [0.25, 0.3) is 0 Å². The van der Waals surface area contributed by atoms with Gasteiger partial charge in [-0.15, -0.1) is 0 Å². The normalized spacial score (nSPS) is 11.1. The Balaban J connectivity index is 1.99. The van der Waals surface area contributed by atoms with Crippen molar-refractivity contribution in [3.05, 3.63) is 35.9 Å². The van der Waals surface area contributed by atoms with Crippen LogP contribution in [0.2, 0.25) is 25.7 Å². The average molecular weight is 395 g/mol. The fourth-order valence-corrected chi connectivity index (χ4v) is 3.03. The third-order valence-corrected chi connectivity index (χ3v) is 5.72. The highest BCUT2D eigenvalue weighted by Gasteiger charge is 2.13. The van der Waals surface area contributed by atoms with Gasteiger partial charge < -0.3 is 10.1 Å². The van der Waals surface area contributed by atoms with E-state index < -0.39 is 8.07 Å². The molecule has 1 rings (SSSR count). The zero-order valence-corrected chi connectivity index (χ0v) is 17.9. The van der Waals surface area contributed by atoms with Gasteiger partial charge >= 0.3 is 6.09 Å². The second-order valence-electron chi connectivity index (χ2n) is 7.79. The smallest absolute Gasteiger partial charge is 0.407 e. The standard InChI is InChI=1S/C20H34N2O4Si/c1-27(2,3)16-15-25-20(24)21-13-9-4-5-10-14-22(18-23)26-17-19-11-7-6-8-12-19/h6-8,11-12,18H,4-5,9-10,13-17H2,1-3H3,(H,21,24). The molecule has 0 aromatic heterocycles. The van der Waals surface area contributed by atoms with E-state index >= 15 is 0 Å². The molecule has 0 aliphatic rings. The number of benzene rings is 1. The van der Waals surface area contributed by atoms with Crippen molar-refractivity contribution in [3.8, 4) is 0 Å². The van der Waals surface area contributed by atoms with Gasteiger partial charge in [-0.1, -0.05) is 62.8 Å². The van der Waals surface area contributed by atoms with Crippen molar-refractivity contribution in [2.75, 3.05) is 19.7 Å². The van der Waals surface area contributed by atoms with Gasteiger partial charge in [0.15, 0.2) is 0 Å². The number of rotatable bonds is 14. The molecule has 152 valence electrons. The van der Waals surface area contributed by atoms with Crippen LogP contribution in [-0.2, 0) is 21.0 Å². The minimum atomic E-state index is -1.16. The number of unbranched alkanes of at least 4 members (excludes halogenated alkanes) is 3. The van der Waals surface area contributed by atoms with Crippen LogP contribution in [0.5, 0.6) is 0 Å². The number of hydrogen-bond donors (Lipinski definition) is 1. The van der Waals surface area contributed by atoms with Gasteiger partial charge in [0, 0.05) is 21.2 Å². The molecule has 0 fully saturated rings. The molecule has 2 amide bonds. The number of carbonyl (C=O) groups is 2. The zero-order valence-electron chi connectivity index (χ0n) is 16.9. The highest BCUT2D eigenvalue weighted by atomic mass is 28.3. The third-order valence-electron chi connectivity index (χ3n) is 4.02. The maximum atomic E-state index is 11.6. The first-order valence-electron chi connectivity index (χ1n) is 9.70. The quantitative estimate of drug-likeness (QED) is 0.222. The molecule has 0 radical (unpaired) electrons. The molecule has 0 unspecified atom stereocenters. The van der Waals surface area contributed by atoms with Crippen LogP contribution in [0.4, 0.5) is 4.79 Å². The average Bonchev–Trinajstić information content (AvgIpc) is 2.63. The molecule has 0 aliphatic carbocycles. The Hall–Kier alpha value is -1.86. The van der Waals surface area contributed by atoms with E-state index in [1.54, 1.807) is 0 Å². The summed E-state index contributed by atoms with van der Waals surface area (Å²) in [4.78, 5) is 28.1. The first-order valence-corrected chi connectivity index (χ1v) is 13.4. The summed E-state index contributed by atoms with van der Waals surface area (Å²) < 4.78 is 5.18. The van der Waals surface area contributed by atoms with Gasteiger partial charge in [0.05, 0.1) is 6.61 Å². The summed E-state index contributed by atoms with van der Waals surface area (Å²) in [6.07, 6.45) is 4.13. The summed E-state index contributed by atoms with van der Waals surface area (Å²) in [6.45, 7) is 8.86. The number of alkyl carbamates (subject to hydrolysis) is 1. The molecular formula is C20H34N2O4Si. The number of ether oxygens (including phenoxy) is 1. The third kappa shape index (κ3) is 13.0. The van der Waals surface area contributed by atoms with Crippen molar-refractivity contribution >= 4 is 20.6 Å². The summed E-state index contributed by atoms with van der Waals surface area (Å²) >= 11 is 0. The van der Waals surface area contributed by atoms with E-state index in [2.05, 4.69) is 25.0 Å². The maximum absolute atomic E-state index is 11.6. The number of nitrogens with zero attached hydrogens (tertiary/aromatic N) is 1. The summed E-state index contributed by atoms with van der Waals surface area (Å²) in [5.41, 5.74) is 1.03. The monoisotopic (exact) mass is 394 g/mol. The van der Waals surface area contributed by atoms with Crippen LogP contribution < -0.4 is 5.32 Å². The van der Waals surface area contributed by atoms with Crippen LogP contribution in [0, 0.1) is 0 Å². The Morgan fingerprint density at radius 2 is 1.81 bits per heavy atom. The lowest BCUT2D eigenvalue weighted by atomic mass is 10.2. The van der Waals surface area contributed by atoms with Crippen LogP contribution >= 0.6 is 0 Å². The van der Waals surface area contributed by atoms with Crippen LogP contribution in [-0.4, -0.2) is 45.3 Å². The van der Waals surface area contributed by atoms with E-state index in [0.717, 1.165) is 43.7 Å². The summed E-state index contributed by atoms with van der Waals surface area (Å²) in [7, 11) is -1.16. The molecule has 0 saturated heterocycles. The molecule has 27 heavy (non-hydrogen) atoms. The van der Waals surface area contributed by atoms with Crippen molar-refractivity contribution in [2.45, 2.75) is 58.0 Å². The lowest BCUT2D eigenvalue weighted by molar-refractivity contribution is -0.177. The lowest BCUT2D eigenvalue weighted by Crippen LogP contribution is -2.28. The fraction of sp³-hybridized carbons (Fsp3) is 0.600. The summed E-state index contributed by atoms with van der Waals surface area (Å²) in [5.74, 6) is 0. The maximum Gasteiger partial charge on any atom is 0.407 e. The van der Waals surface area contributed by atoms with Gasteiger partial charge in [0.25, 0.3) is 0 Å². The number of hydroxylamine groups is 2. The first kappa shape index (κ1) is 23.2. The van der Waals surface area contributed by atoms with Gasteiger partial charge in [-0.2, -0.15) is 0 Å². The molecule has 0 heterocycles. The molecule has 1 aromatic rings. The number of hydrogen-bond acceptors (Lipinski definition) is 4. The Bertz CT molecular complexity index is 535. The Labute approximate surface area is 164 Å². The van der Waals surface area contributed by atoms with Crippen molar-refractivity contribution in [1.82, 2.24) is 10.4 Å². The number of nitrogens with one attached hydrogen (secondary N) is 1. The van der Waals surface area contributed by atoms with Crippen LogP contribution in [0.1, 0.15) is 31.2 Å². The van der Waals surface area contributed by atoms with E-state index in [9.17, 15) is 9.59 Å². The molecule has 1 aromatic carbocycles. The van der Waals surface area contributed by atoms with E-state index in [0.29, 0.717) is 26.3 Å². The Kier molecular flexibility index (Phi) is 11.4. The van der Waals surface area contributed by atoms with Crippen molar-refractivity contribution in [2.24, 2.45) is 0 Å². The topological polar surface area (TPSA) is 67.9 Å². The predicted molar refractivity (Wildman–Crippen MR) is 110 cm³/mol. The molecule has 0 atom stereocenters. The van der Waals surface area contributed by atoms with Gasteiger partial charge in [-0.25, -0.2) is 9.86 Å². The largest absolute Gasteiger partial charge is 0.450 e. The van der Waals surface area contributed by atoms with Crippen LogP contribution in [0.15, 0.2) is 30.3 Å². The SMILES string of the molecule is C[Si](C)(C)CCOC(=O)NCCCCCCN(C=O)OCc1ccccc1. The second kappa shape index (κ2) is 13.3. The summed E-state index contributed by atoms with van der Waals surface area (Å²) in [5, 5.41) is 4.13. The van der Waals surface area contributed by atoms with E-state index in [1.807, 2.05) is 30.3 Å². The minimum Gasteiger partial charge on any atom is -0.450 e. The highest BCUT2D eigenvalue weighted by Crippen LogP contribution is 2.08. The molecule has 6 nitrogen and oxygen atoms in total. The first-order chi connectivity index (χ1) is 12.9. The number of amides is 2. The fourth-order valence-electron chi connectivity index (χ4n) is 2.32. The Morgan fingerprint density at radius 1 is 1.11 bits per heavy atom. The minimum absolute atomic E-state index is 0.324. The van der Waals surface area contributed by atoms with Crippen molar-refractivity contribution in [3.63, 3.8) is 0 Å².